The second kappa shape index (κ2) is 6.12. The van der Waals surface area contributed by atoms with Crippen LogP contribution in [0.25, 0.3) is 0 Å². The van der Waals surface area contributed by atoms with Crippen molar-refractivity contribution in [2.24, 2.45) is 22.6 Å². The summed E-state index contributed by atoms with van der Waals surface area (Å²) in [6.45, 7) is 7.50. The number of nitrogens with two attached hydrogens (primary N) is 1. The molecule has 0 atom stereocenters. The predicted octanol–water partition coefficient (Wildman–Crippen LogP) is 2.47. The SMILES string of the molecule is CC(C)CN=C(N)N(C)C1CCC(C)CC1. The second-order valence-corrected chi connectivity index (χ2v) is 5.62. The molecule has 0 amide bonds. The Balaban J connectivity index is 2.43. The summed E-state index contributed by atoms with van der Waals surface area (Å²) in [5.41, 5.74) is 6.01. The summed E-state index contributed by atoms with van der Waals surface area (Å²) < 4.78 is 0. The van der Waals surface area contributed by atoms with E-state index in [0.717, 1.165) is 12.5 Å². The van der Waals surface area contributed by atoms with Crippen LogP contribution in [0.15, 0.2) is 4.99 Å². The quantitative estimate of drug-likeness (QED) is 0.592. The maximum atomic E-state index is 6.01. The first-order valence-corrected chi connectivity index (χ1v) is 6.53. The number of rotatable bonds is 3. The average molecular weight is 225 g/mol. The summed E-state index contributed by atoms with van der Waals surface area (Å²) in [5.74, 6) is 2.19. The Morgan fingerprint density at radius 3 is 2.38 bits per heavy atom. The first-order chi connectivity index (χ1) is 7.50. The van der Waals surface area contributed by atoms with Crippen molar-refractivity contribution in [3.8, 4) is 0 Å². The summed E-state index contributed by atoms with van der Waals surface area (Å²) in [6.07, 6.45) is 5.17. The van der Waals surface area contributed by atoms with Gasteiger partial charge in [0.2, 0.25) is 0 Å². The van der Waals surface area contributed by atoms with Crippen LogP contribution in [0, 0.1) is 11.8 Å². The lowest BCUT2D eigenvalue weighted by molar-refractivity contribution is 0.237. The Kier molecular flexibility index (Phi) is 5.10. The van der Waals surface area contributed by atoms with Gasteiger partial charge in [0, 0.05) is 19.6 Å². The van der Waals surface area contributed by atoms with Gasteiger partial charge in [-0.1, -0.05) is 20.8 Å². The molecule has 0 aromatic rings. The molecule has 3 nitrogen and oxygen atoms in total. The fraction of sp³-hybridized carbons (Fsp3) is 0.923. The zero-order valence-corrected chi connectivity index (χ0v) is 11.2. The molecule has 0 heterocycles. The number of hydrogen-bond acceptors (Lipinski definition) is 1. The molecule has 1 saturated carbocycles. The van der Waals surface area contributed by atoms with Gasteiger partial charge in [0.15, 0.2) is 5.96 Å². The van der Waals surface area contributed by atoms with E-state index in [-0.39, 0.29) is 0 Å². The maximum absolute atomic E-state index is 6.01. The molecule has 0 unspecified atom stereocenters. The minimum atomic E-state index is 0.582. The molecule has 1 aliphatic rings. The minimum Gasteiger partial charge on any atom is -0.370 e. The third-order valence-corrected chi connectivity index (χ3v) is 3.51. The Labute approximate surface area is 100 Å². The fourth-order valence-corrected chi connectivity index (χ4v) is 2.20. The molecule has 0 aliphatic heterocycles. The van der Waals surface area contributed by atoms with Gasteiger partial charge in [-0.25, -0.2) is 0 Å². The maximum Gasteiger partial charge on any atom is 0.191 e. The summed E-state index contributed by atoms with van der Waals surface area (Å²) >= 11 is 0. The Bertz CT molecular complexity index is 227. The van der Waals surface area contributed by atoms with E-state index in [2.05, 4.69) is 37.7 Å². The van der Waals surface area contributed by atoms with Crippen molar-refractivity contribution in [1.29, 1.82) is 0 Å². The van der Waals surface area contributed by atoms with Gasteiger partial charge in [0.05, 0.1) is 0 Å². The first-order valence-electron chi connectivity index (χ1n) is 6.53. The molecule has 1 fully saturated rings. The van der Waals surface area contributed by atoms with Crippen LogP contribution in [0.3, 0.4) is 0 Å². The van der Waals surface area contributed by atoms with Crippen LogP contribution in [0.4, 0.5) is 0 Å². The van der Waals surface area contributed by atoms with E-state index >= 15 is 0 Å². The van der Waals surface area contributed by atoms with Crippen molar-refractivity contribution in [2.75, 3.05) is 13.6 Å². The van der Waals surface area contributed by atoms with Crippen molar-refractivity contribution >= 4 is 5.96 Å². The number of hydrogen-bond donors (Lipinski definition) is 1. The van der Waals surface area contributed by atoms with Gasteiger partial charge in [-0.05, 0) is 37.5 Å². The van der Waals surface area contributed by atoms with Gasteiger partial charge in [-0.3, -0.25) is 4.99 Å². The van der Waals surface area contributed by atoms with Gasteiger partial charge in [0.1, 0.15) is 0 Å². The van der Waals surface area contributed by atoms with Crippen molar-refractivity contribution in [1.82, 2.24) is 4.90 Å². The van der Waals surface area contributed by atoms with Crippen LogP contribution < -0.4 is 5.73 Å². The highest BCUT2D eigenvalue weighted by Gasteiger charge is 2.22. The summed E-state index contributed by atoms with van der Waals surface area (Å²) in [5, 5.41) is 0. The van der Waals surface area contributed by atoms with Gasteiger partial charge in [0.25, 0.3) is 0 Å². The highest BCUT2D eigenvalue weighted by atomic mass is 15.3. The van der Waals surface area contributed by atoms with Crippen LogP contribution in [0.2, 0.25) is 0 Å². The molecule has 1 aliphatic carbocycles. The van der Waals surface area contributed by atoms with Crippen molar-refractivity contribution in [3.05, 3.63) is 0 Å². The molecule has 2 N–H and O–H groups in total. The summed E-state index contributed by atoms with van der Waals surface area (Å²) in [7, 11) is 2.08. The van der Waals surface area contributed by atoms with Crippen molar-refractivity contribution in [3.63, 3.8) is 0 Å². The monoisotopic (exact) mass is 225 g/mol. The van der Waals surface area contributed by atoms with Crippen LogP contribution in [-0.4, -0.2) is 30.5 Å². The van der Waals surface area contributed by atoms with E-state index in [4.69, 9.17) is 5.73 Å². The number of guanidine groups is 1. The molecule has 3 heteroatoms. The molecule has 0 aromatic heterocycles. The standard InChI is InChI=1S/C13H27N3/c1-10(2)9-15-13(14)16(4)12-7-5-11(3)6-8-12/h10-12H,5-9H2,1-4H3,(H2,14,15). The Hall–Kier alpha value is -0.730. The van der Waals surface area contributed by atoms with Crippen molar-refractivity contribution in [2.45, 2.75) is 52.5 Å². The van der Waals surface area contributed by atoms with Gasteiger partial charge in [-0.15, -0.1) is 0 Å². The molecule has 0 aromatic carbocycles. The average Bonchev–Trinajstić information content (AvgIpc) is 2.26. The molecule has 16 heavy (non-hydrogen) atoms. The summed E-state index contributed by atoms with van der Waals surface area (Å²) in [6, 6.07) is 0.604. The van der Waals surface area contributed by atoms with E-state index in [1.807, 2.05) is 0 Å². The lowest BCUT2D eigenvalue weighted by Gasteiger charge is -2.34. The van der Waals surface area contributed by atoms with Gasteiger partial charge >= 0.3 is 0 Å². The molecule has 1 rings (SSSR count). The summed E-state index contributed by atoms with van der Waals surface area (Å²) in [4.78, 5) is 6.61. The van der Waals surface area contributed by atoms with E-state index in [1.54, 1.807) is 0 Å². The second-order valence-electron chi connectivity index (χ2n) is 5.62. The lowest BCUT2D eigenvalue weighted by atomic mass is 9.87. The van der Waals surface area contributed by atoms with Crippen LogP contribution in [0.1, 0.15) is 46.5 Å². The molecular formula is C13H27N3. The third kappa shape index (κ3) is 4.03. The molecule has 94 valence electrons. The molecule has 0 spiro atoms. The smallest absolute Gasteiger partial charge is 0.191 e. The fourth-order valence-electron chi connectivity index (χ4n) is 2.20. The van der Waals surface area contributed by atoms with E-state index in [1.165, 1.54) is 25.7 Å². The topological polar surface area (TPSA) is 41.6 Å². The number of nitrogens with zero attached hydrogens (tertiary/aromatic N) is 2. The van der Waals surface area contributed by atoms with E-state index in [0.29, 0.717) is 17.9 Å². The molecule has 0 saturated heterocycles. The first kappa shape index (κ1) is 13.3. The number of aliphatic imine (C=N–C) groups is 1. The normalized spacial score (nSPS) is 27.2. The highest BCUT2D eigenvalue weighted by Crippen LogP contribution is 2.26. The predicted molar refractivity (Wildman–Crippen MR) is 70.5 cm³/mol. The van der Waals surface area contributed by atoms with Gasteiger partial charge < -0.3 is 10.6 Å². The van der Waals surface area contributed by atoms with E-state index < -0.39 is 0 Å². The van der Waals surface area contributed by atoms with Crippen LogP contribution in [0.5, 0.6) is 0 Å². The third-order valence-electron chi connectivity index (χ3n) is 3.51. The lowest BCUT2D eigenvalue weighted by Crippen LogP contribution is -2.43. The highest BCUT2D eigenvalue weighted by molar-refractivity contribution is 5.78. The van der Waals surface area contributed by atoms with E-state index in [9.17, 15) is 0 Å². The Morgan fingerprint density at radius 2 is 1.88 bits per heavy atom. The largest absolute Gasteiger partial charge is 0.370 e. The van der Waals surface area contributed by atoms with Crippen molar-refractivity contribution < 1.29 is 0 Å². The zero-order chi connectivity index (χ0) is 12.1. The Morgan fingerprint density at radius 1 is 1.31 bits per heavy atom. The van der Waals surface area contributed by atoms with Gasteiger partial charge in [-0.2, -0.15) is 0 Å². The molecule has 0 radical (unpaired) electrons. The minimum absolute atomic E-state index is 0.582. The molecular weight excluding hydrogens is 198 g/mol. The zero-order valence-electron chi connectivity index (χ0n) is 11.2. The van der Waals surface area contributed by atoms with Crippen LogP contribution >= 0.6 is 0 Å². The molecule has 0 bridgehead atoms. The van der Waals surface area contributed by atoms with Crippen LogP contribution in [-0.2, 0) is 0 Å².